The van der Waals surface area contributed by atoms with Crippen molar-refractivity contribution in [3.8, 4) is 11.8 Å². The number of nitrogens with one attached hydrogen (secondary N) is 1. The summed E-state index contributed by atoms with van der Waals surface area (Å²) in [7, 11) is 1.65. The fourth-order valence-corrected chi connectivity index (χ4v) is 2.66. The van der Waals surface area contributed by atoms with Crippen LogP contribution in [0.5, 0.6) is 5.75 Å². The number of nitrogens with zero attached hydrogens (tertiary/aromatic N) is 2. The van der Waals surface area contributed by atoms with Crippen molar-refractivity contribution in [2.45, 2.75) is 6.04 Å². The molecule has 1 atom stereocenters. The minimum absolute atomic E-state index is 0.250. The number of benzene rings is 1. The summed E-state index contributed by atoms with van der Waals surface area (Å²) in [6.07, 6.45) is 1.92. The van der Waals surface area contributed by atoms with Gasteiger partial charge in [-0.05, 0) is 18.2 Å². The van der Waals surface area contributed by atoms with Gasteiger partial charge in [-0.3, -0.25) is 4.90 Å². The Labute approximate surface area is 117 Å². The van der Waals surface area contributed by atoms with Crippen LogP contribution in [0.1, 0.15) is 11.6 Å². The predicted molar refractivity (Wildman–Crippen MR) is 75.6 cm³/mol. The van der Waals surface area contributed by atoms with Crippen molar-refractivity contribution >= 4 is 10.9 Å². The van der Waals surface area contributed by atoms with E-state index in [1.807, 2.05) is 24.4 Å². The van der Waals surface area contributed by atoms with Crippen LogP contribution in [0.3, 0.4) is 0 Å². The molecule has 0 bridgehead atoms. The SMILES string of the molecule is COc1ccc2[nH]cc(C(C#N)N3CCOCC3)c2c1. The first kappa shape index (κ1) is 13.0. The number of aromatic amines is 1. The van der Waals surface area contributed by atoms with E-state index >= 15 is 0 Å². The van der Waals surface area contributed by atoms with Crippen LogP contribution in [0.2, 0.25) is 0 Å². The highest BCUT2D eigenvalue weighted by Gasteiger charge is 2.24. The molecule has 1 saturated heterocycles. The summed E-state index contributed by atoms with van der Waals surface area (Å²) < 4.78 is 10.6. The highest BCUT2D eigenvalue weighted by atomic mass is 16.5. The lowest BCUT2D eigenvalue weighted by Crippen LogP contribution is -2.38. The number of fused-ring (bicyclic) bond motifs is 1. The highest BCUT2D eigenvalue weighted by Crippen LogP contribution is 2.30. The molecule has 1 aromatic carbocycles. The molecule has 1 fully saturated rings. The largest absolute Gasteiger partial charge is 0.497 e. The zero-order valence-electron chi connectivity index (χ0n) is 11.4. The average Bonchev–Trinajstić information content (AvgIpc) is 2.92. The second-order valence-electron chi connectivity index (χ2n) is 4.84. The van der Waals surface area contributed by atoms with E-state index < -0.39 is 0 Å². The molecule has 0 spiro atoms. The minimum atomic E-state index is -0.250. The van der Waals surface area contributed by atoms with Crippen molar-refractivity contribution in [1.82, 2.24) is 9.88 Å². The molecule has 0 saturated carbocycles. The molecule has 2 aromatic rings. The second kappa shape index (κ2) is 5.53. The summed E-state index contributed by atoms with van der Waals surface area (Å²) in [5, 5.41) is 10.6. The molecular weight excluding hydrogens is 254 g/mol. The summed E-state index contributed by atoms with van der Waals surface area (Å²) in [6, 6.07) is 8.03. The van der Waals surface area contributed by atoms with E-state index in [-0.39, 0.29) is 6.04 Å². The molecule has 20 heavy (non-hydrogen) atoms. The normalized spacial score (nSPS) is 17.8. The van der Waals surface area contributed by atoms with Gasteiger partial charge < -0.3 is 14.5 Å². The lowest BCUT2D eigenvalue weighted by molar-refractivity contribution is 0.0268. The van der Waals surface area contributed by atoms with Crippen LogP contribution in [-0.2, 0) is 4.74 Å². The third-order valence-corrected chi connectivity index (χ3v) is 3.75. The molecule has 5 nitrogen and oxygen atoms in total. The van der Waals surface area contributed by atoms with Gasteiger partial charge >= 0.3 is 0 Å². The smallest absolute Gasteiger partial charge is 0.126 e. The zero-order chi connectivity index (χ0) is 13.9. The van der Waals surface area contributed by atoms with Gasteiger partial charge in [-0.25, -0.2) is 0 Å². The van der Waals surface area contributed by atoms with E-state index in [1.165, 1.54) is 0 Å². The van der Waals surface area contributed by atoms with Gasteiger partial charge in [-0.15, -0.1) is 0 Å². The zero-order valence-corrected chi connectivity index (χ0v) is 11.4. The lowest BCUT2D eigenvalue weighted by atomic mass is 10.0. The van der Waals surface area contributed by atoms with Gasteiger partial charge in [0, 0.05) is 35.8 Å². The molecule has 0 aliphatic carbocycles. The number of ether oxygens (including phenoxy) is 2. The highest BCUT2D eigenvalue weighted by molar-refractivity contribution is 5.85. The van der Waals surface area contributed by atoms with E-state index in [4.69, 9.17) is 9.47 Å². The molecule has 2 heterocycles. The van der Waals surface area contributed by atoms with Crippen molar-refractivity contribution in [2.75, 3.05) is 33.4 Å². The summed E-state index contributed by atoms with van der Waals surface area (Å²) in [6.45, 7) is 2.94. The summed E-state index contributed by atoms with van der Waals surface area (Å²) in [5.74, 6) is 0.803. The number of aromatic nitrogens is 1. The maximum atomic E-state index is 9.56. The van der Waals surface area contributed by atoms with Crippen LogP contribution < -0.4 is 4.74 Å². The number of hydrogen-bond donors (Lipinski definition) is 1. The fourth-order valence-electron chi connectivity index (χ4n) is 2.66. The molecule has 3 rings (SSSR count). The molecule has 5 heteroatoms. The number of morpholine rings is 1. The topological polar surface area (TPSA) is 61.3 Å². The molecule has 1 N–H and O–H groups in total. The molecule has 1 aliphatic rings. The monoisotopic (exact) mass is 271 g/mol. The van der Waals surface area contributed by atoms with Crippen LogP contribution in [-0.4, -0.2) is 43.3 Å². The first-order chi connectivity index (χ1) is 9.83. The van der Waals surface area contributed by atoms with E-state index in [0.29, 0.717) is 13.2 Å². The molecule has 1 unspecified atom stereocenters. The van der Waals surface area contributed by atoms with Crippen LogP contribution in [0.4, 0.5) is 0 Å². The summed E-state index contributed by atoms with van der Waals surface area (Å²) in [5.41, 5.74) is 2.03. The molecule has 0 radical (unpaired) electrons. The number of hydrogen-bond acceptors (Lipinski definition) is 4. The number of nitriles is 1. The maximum absolute atomic E-state index is 9.56. The van der Waals surface area contributed by atoms with Gasteiger partial charge in [-0.1, -0.05) is 0 Å². The maximum Gasteiger partial charge on any atom is 0.126 e. The predicted octanol–water partition coefficient (Wildman–Crippen LogP) is 2.07. The Morgan fingerprint density at radius 2 is 2.20 bits per heavy atom. The van der Waals surface area contributed by atoms with Crippen LogP contribution in [0.15, 0.2) is 24.4 Å². The third kappa shape index (κ3) is 2.24. The van der Waals surface area contributed by atoms with Gasteiger partial charge in [-0.2, -0.15) is 5.26 Å². The van der Waals surface area contributed by atoms with Crippen LogP contribution >= 0.6 is 0 Å². The van der Waals surface area contributed by atoms with E-state index in [9.17, 15) is 5.26 Å². The van der Waals surface area contributed by atoms with Crippen molar-refractivity contribution in [3.63, 3.8) is 0 Å². The number of H-pyrrole nitrogens is 1. The standard InChI is InChI=1S/C15H17N3O2/c1-19-11-2-3-14-12(8-11)13(10-17-14)15(9-16)18-4-6-20-7-5-18/h2-3,8,10,15,17H,4-7H2,1H3. The van der Waals surface area contributed by atoms with Gasteiger partial charge in [0.15, 0.2) is 0 Å². The third-order valence-electron chi connectivity index (χ3n) is 3.75. The van der Waals surface area contributed by atoms with Gasteiger partial charge in [0.05, 0.1) is 26.4 Å². The Balaban J connectivity index is 2.00. The van der Waals surface area contributed by atoms with Crippen LogP contribution in [0.25, 0.3) is 10.9 Å². The van der Waals surface area contributed by atoms with Gasteiger partial charge in [0.1, 0.15) is 11.8 Å². The van der Waals surface area contributed by atoms with E-state index in [2.05, 4.69) is 16.0 Å². The Kier molecular flexibility index (Phi) is 3.59. The van der Waals surface area contributed by atoms with Crippen LogP contribution in [0, 0.1) is 11.3 Å². The number of rotatable bonds is 3. The average molecular weight is 271 g/mol. The van der Waals surface area contributed by atoms with Crippen molar-refractivity contribution in [3.05, 3.63) is 30.0 Å². The van der Waals surface area contributed by atoms with Crippen molar-refractivity contribution < 1.29 is 9.47 Å². The number of methoxy groups -OCH3 is 1. The van der Waals surface area contributed by atoms with Gasteiger partial charge in [0.25, 0.3) is 0 Å². The Morgan fingerprint density at radius 3 is 2.90 bits per heavy atom. The molecule has 1 aromatic heterocycles. The molecular formula is C15H17N3O2. The van der Waals surface area contributed by atoms with E-state index in [1.54, 1.807) is 7.11 Å². The fraction of sp³-hybridized carbons (Fsp3) is 0.400. The van der Waals surface area contributed by atoms with E-state index in [0.717, 1.165) is 35.3 Å². The second-order valence-corrected chi connectivity index (χ2v) is 4.84. The Morgan fingerprint density at radius 1 is 1.40 bits per heavy atom. The summed E-state index contributed by atoms with van der Waals surface area (Å²) >= 11 is 0. The molecule has 104 valence electrons. The lowest BCUT2D eigenvalue weighted by Gasteiger charge is -2.30. The van der Waals surface area contributed by atoms with Gasteiger partial charge in [0.2, 0.25) is 0 Å². The van der Waals surface area contributed by atoms with Crippen molar-refractivity contribution in [2.24, 2.45) is 0 Å². The minimum Gasteiger partial charge on any atom is -0.497 e. The Bertz CT molecular complexity index is 638. The van der Waals surface area contributed by atoms with Crippen molar-refractivity contribution in [1.29, 1.82) is 5.26 Å². The first-order valence-electron chi connectivity index (χ1n) is 6.70. The molecule has 0 amide bonds. The quantitative estimate of drug-likeness (QED) is 0.928. The molecule has 1 aliphatic heterocycles. The summed E-state index contributed by atoms with van der Waals surface area (Å²) in [4.78, 5) is 5.39. The Hall–Kier alpha value is -2.03. The first-order valence-corrected chi connectivity index (χ1v) is 6.70.